The number of aromatic nitrogens is 3. The number of hydrogen-bond donors (Lipinski definition) is 3. The quantitative estimate of drug-likeness (QED) is 0.766. The van der Waals surface area contributed by atoms with Gasteiger partial charge in [-0.1, -0.05) is 29.5 Å². The van der Waals surface area contributed by atoms with Crippen molar-refractivity contribution in [3.05, 3.63) is 47.3 Å². The van der Waals surface area contributed by atoms with Gasteiger partial charge >= 0.3 is 0 Å². The first-order valence-corrected chi connectivity index (χ1v) is 8.31. The second-order valence-corrected chi connectivity index (χ2v) is 6.17. The molecule has 1 aromatic carbocycles. The van der Waals surface area contributed by atoms with Crippen molar-refractivity contribution < 1.29 is 9.90 Å². The summed E-state index contributed by atoms with van der Waals surface area (Å²) in [6, 6.07) is 7.83. The van der Waals surface area contributed by atoms with E-state index in [1.807, 2.05) is 24.3 Å². The molecule has 2 heterocycles. The third-order valence-electron chi connectivity index (χ3n) is 4.34. The van der Waals surface area contributed by atoms with Crippen molar-refractivity contribution in [1.29, 1.82) is 0 Å². The van der Waals surface area contributed by atoms with Crippen molar-refractivity contribution >= 4 is 5.91 Å². The summed E-state index contributed by atoms with van der Waals surface area (Å²) in [6.07, 6.45) is 3.24. The Morgan fingerprint density at radius 1 is 1.38 bits per heavy atom. The van der Waals surface area contributed by atoms with Gasteiger partial charge in [0.25, 0.3) is 5.91 Å². The molecule has 1 amide bonds. The number of carbonyl (C=O) groups excluding carboxylic acids is 1. The number of piperidine rings is 1. The van der Waals surface area contributed by atoms with Crippen LogP contribution in [0, 0.1) is 0 Å². The minimum absolute atomic E-state index is 0.227. The fraction of sp³-hybridized carbons (Fsp3) is 0.471. The number of aliphatic hydroxyl groups is 1. The average molecular weight is 329 g/mol. The van der Waals surface area contributed by atoms with Crippen molar-refractivity contribution in [3.8, 4) is 0 Å². The van der Waals surface area contributed by atoms with Crippen LogP contribution in [-0.4, -0.2) is 39.1 Å². The van der Waals surface area contributed by atoms with E-state index in [4.69, 9.17) is 0 Å². The minimum atomic E-state index is -0.487. The summed E-state index contributed by atoms with van der Waals surface area (Å²) in [7, 11) is 0. The Balaban J connectivity index is 1.56. The van der Waals surface area contributed by atoms with Crippen molar-refractivity contribution in [1.82, 2.24) is 25.6 Å². The van der Waals surface area contributed by atoms with Gasteiger partial charge in [-0.3, -0.25) is 4.79 Å². The van der Waals surface area contributed by atoms with Crippen molar-refractivity contribution in [2.45, 2.75) is 38.5 Å². The molecule has 3 rings (SSSR count). The molecule has 0 radical (unpaired) electrons. The SMILES string of the molecule is C[C@H](O)c1ccc(CNC(=O)c2cn(C3CCNCC3)nn2)cc1. The summed E-state index contributed by atoms with van der Waals surface area (Å²) in [5.74, 6) is -0.227. The van der Waals surface area contributed by atoms with Crippen LogP contribution in [0.5, 0.6) is 0 Å². The molecule has 7 heteroatoms. The summed E-state index contributed by atoms with van der Waals surface area (Å²) >= 11 is 0. The fourth-order valence-electron chi connectivity index (χ4n) is 2.82. The van der Waals surface area contributed by atoms with Crippen LogP contribution in [0.3, 0.4) is 0 Å². The van der Waals surface area contributed by atoms with E-state index in [1.165, 1.54) is 0 Å². The molecule has 7 nitrogen and oxygen atoms in total. The van der Waals surface area contributed by atoms with Crippen LogP contribution in [-0.2, 0) is 6.54 Å². The lowest BCUT2D eigenvalue weighted by molar-refractivity contribution is 0.0945. The molecule has 1 atom stereocenters. The van der Waals surface area contributed by atoms with Crippen LogP contribution in [0.15, 0.2) is 30.5 Å². The first-order chi connectivity index (χ1) is 11.6. The van der Waals surface area contributed by atoms with Crippen molar-refractivity contribution in [2.24, 2.45) is 0 Å². The van der Waals surface area contributed by atoms with E-state index in [1.54, 1.807) is 17.8 Å². The smallest absolute Gasteiger partial charge is 0.273 e. The highest BCUT2D eigenvalue weighted by Gasteiger charge is 2.18. The Morgan fingerprint density at radius 3 is 2.75 bits per heavy atom. The molecular weight excluding hydrogens is 306 g/mol. The summed E-state index contributed by atoms with van der Waals surface area (Å²) in [5.41, 5.74) is 2.17. The third kappa shape index (κ3) is 3.98. The Kier molecular flexibility index (Phi) is 5.22. The lowest BCUT2D eigenvalue weighted by Gasteiger charge is -2.22. The van der Waals surface area contributed by atoms with Gasteiger partial charge in [0.05, 0.1) is 18.3 Å². The fourth-order valence-corrected chi connectivity index (χ4v) is 2.82. The summed E-state index contributed by atoms with van der Waals surface area (Å²) in [5, 5.41) is 23.7. The Morgan fingerprint density at radius 2 is 2.08 bits per heavy atom. The van der Waals surface area contributed by atoms with Gasteiger partial charge in [-0.25, -0.2) is 4.68 Å². The average Bonchev–Trinajstić information content (AvgIpc) is 3.11. The molecule has 1 fully saturated rings. The van der Waals surface area contributed by atoms with E-state index in [0.29, 0.717) is 18.3 Å². The number of nitrogens with one attached hydrogen (secondary N) is 2. The molecule has 1 saturated heterocycles. The van der Waals surface area contributed by atoms with E-state index in [2.05, 4.69) is 20.9 Å². The molecule has 0 aliphatic carbocycles. The van der Waals surface area contributed by atoms with Gasteiger partial charge in [0, 0.05) is 6.54 Å². The minimum Gasteiger partial charge on any atom is -0.389 e. The zero-order valence-corrected chi connectivity index (χ0v) is 13.8. The lowest BCUT2D eigenvalue weighted by atomic mass is 10.1. The molecule has 0 spiro atoms. The standard InChI is InChI=1S/C17H23N5O2/c1-12(23)14-4-2-13(3-5-14)10-19-17(24)16-11-22(21-20-16)15-6-8-18-9-7-15/h2-5,11-12,15,18,23H,6-10H2,1H3,(H,19,24)/t12-/m0/s1. The second-order valence-electron chi connectivity index (χ2n) is 6.17. The maximum atomic E-state index is 12.2. The van der Waals surface area contributed by atoms with Gasteiger partial charge in [-0.15, -0.1) is 5.10 Å². The Hall–Kier alpha value is -2.25. The molecule has 128 valence electrons. The van der Waals surface area contributed by atoms with Crippen LogP contribution >= 0.6 is 0 Å². The topological polar surface area (TPSA) is 92.1 Å². The number of benzene rings is 1. The number of hydrogen-bond acceptors (Lipinski definition) is 5. The molecule has 1 aliphatic rings. The monoisotopic (exact) mass is 329 g/mol. The molecule has 24 heavy (non-hydrogen) atoms. The van der Waals surface area contributed by atoms with Gasteiger partial charge in [0.15, 0.2) is 5.69 Å². The first-order valence-electron chi connectivity index (χ1n) is 8.31. The predicted molar refractivity (Wildman–Crippen MR) is 89.4 cm³/mol. The summed E-state index contributed by atoms with van der Waals surface area (Å²) in [6.45, 7) is 4.07. The molecule has 0 saturated carbocycles. The third-order valence-corrected chi connectivity index (χ3v) is 4.34. The number of carbonyl (C=O) groups is 1. The molecule has 0 bridgehead atoms. The lowest BCUT2D eigenvalue weighted by Crippen LogP contribution is -2.29. The van der Waals surface area contributed by atoms with Crippen LogP contribution in [0.2, 0.25) is 0 Å². The predicted octanol–water partition coefficient (Wildman–Crippen LogP) is 1.19. The molecule has 1 aromatic heterocycles. The summed E-state index contributed by atoms with van der Waals surface area (Å²) < 4.78 is 1.80. The zero-order valence-electron chi connectivity index (χ0n) is 13.8. The van der Waals surface area contributed by atoms with Crippen LogP contribution in [0.4, 0.5) is 0 Å². The second kappa shape index (κ2) is 7.55. The molecular formula is C17H23N5O2. The molecule has 1 aliphatic heterocycles. The van der Waals surface area contributed by atoms with Crippen molar-refractivity contribution in [2.75, 3.05) is 13.1 Å². The highest BCUT2D eigenvalue weighted by Crippen LogP contribution is 2.17. The van der Waals surface area contributed by atoms with Gasteiger partial charge in [0.1, 0.15) is 0 Å². The van der Waals surface area contributed by atoms with E-state index in [-0.39, 0.29) is 5.91 Å². The van der Waals surface area contributed by atoms with Gasteiger partial charge in [0.2, 0.25) is 0 Å². The molecule has 2 aromatic rings. The Bertz CT molecular complexity index is 675. The van der Waals surface area contributed by atoms with Gasteiger partial charge in [-0.05, 0) is 44.0 Å². The van der Waals surface area contributed by atoms with Crippen molar-refractivity contribution in [3.63, 3.8) is 0 Å². The van der Waals surface area contributed by atoms with E-state index < -0.39 is 6.10 Å². The largest absolute Gasteiger partial charge is 0.389 e. The summed E-state index contributed by atoms with van der Waals surface area (Å²) in [4.78, 5) is 12.2. The van der Waals surface area contributed by atoms with E-state index in [9.17, 15) is 9.90 Å². The van der Waals surface area contributed by atoms with Crippen LogP contribution < -0.4 is 10.6 Å². The highest BCUT2D eigenvalue weighted by atomic mass is 16.3. The molecule has 0 unspecified atom stereocenters. The Labute approximate surface area is 141 Å². The maximum Gasteiger partial charge on any atom is 0.273 e. The normalized spacial score (nSPS) is 16.8. The maximum absolute atomic E-state index is 12.2. The van der Waals surface area contributed by atoms with E-state index in [0.717, 1.165) is 37.1 Å². The zero-order chi connectivity index (χ0) is 16.9. The van der Waals surface area contributed by atoms with Gasteiger partial charge in [-0.2, -0.15) is 0 Å². The van der Waals surface area contributed by atoms with Crippen LogP contribution in [0.1, 0.15) is 53.5 Å². The van der Waals surface area contributed by atoms with Gasteiger partial charge < -0.3 is 15.7 Å². The first kappa shape index (κ1) is 16.6. The van der Waals surface area contributed by atoms with E-state index >= 15 is 0 Å². The molecule has 3 N–H and O–H groups in total. The number of amides is 1. The van der Waals surface area contributed by atoms with Crippen LogP contribution in [0.25, 0.3) is 0 Å². The highest BCUT2D eigenvalue weighted by molar-refractivity contribution is 5.91. The number of nitrogens with zero attached hydrogens (tertiary/aromatic N) is 3. The number of aliphatic hydroxyl groups excluding tert-OH is 1. The number of rotatable bonds is 5.